The van der Waals surface area contributed by atoms with Gasteiger partial charge in [-0.05, 0) is 12.8 Å². The maximum Gasteiger partial charge on any atom is 0.326 e. The Morgan fingerprint density at radius 3 is 1.93 bits per heavy atom. The van der Waals surface area contributed by atoms with Crippen molar-refractivity contribution in [2.45, 2.75) is 24.9 Å². The third-order valence-electron chi connectivity index (χ3n) is 2.38. The zero-order chi connectivity index (χ0) is 11.6. The largest absolute Gasteiger partial charge is 0.480 e. The van der Waals surface area contributed by atoms with Crippen molar-refractivity contribution in [3.05, 3.63) is 12.2 Å². The van der Waals surface area contributed by atoms with Gasteiger partial charge in [0.1, 0.15) is 12.1 Å². The summed E-state index contributed by atoms with van der Waals surface area (Å²) in [5, 5.41) is 17.6. The second-order valence-corrected chi connectivity index (χ2v) is 3.42. The number of nitrogens with zero attached hydrogens (tertiary/aromatic N) is 1. The molecule has 0 aromatic heterocycles. The molecule has 6 nitrogen and oxygen atoms in total. The normalized spacial score (nSPS) is 26.1. The number of hydrogen-bond acceptors (Lipinski definition) is 3. The van der Waals surface area contributed by atoms with Gasteiger partial charge in [0.2, 0.25) is 6.41 Å². The first-order chi connectivity index (χ1) is 6.97. The molecule has 1 aliphatic heterocycles. The molecule has 0 spiro atoms. The van der Waals surface area contributed by atoms with Crippen molar-refractivity contribution in [3.8, 4) is 0 Å². The monoisotopic (exact) mass is 213 g/mol. The summed E-state index contributed by atoms with van der Waals surface area (Å²) in [5.41, 5.74) is 0.535. The maximum atomic E-state index is 10.8. The van der Waals surface area contributed by atoms with Crippen LogP contribution in [0.4, 0.5) is 0 Å². The molecule has 2 atom stereocenters. The molecule has 1 amide bonds. The molecule has 1 fully saturated rings. The molecule has 15 heavy (non-hydrogen) atoms. The zero-order valence-corrected chi connectivity index (χ0v) is 7.92. The van der Waals surface area contributed by atoms with Crippen LogP contribution in [0.25, 0.3) is 0 Å². The van der Waals surface area contributed by atoms with Crippen molar-refractivity contribution in [3.63, 3.8) is 0 Å². The summed E-state index contributed by atoms with van der Waals surface area (Å²) in [7, 11) is 0. The summed E-state index contributed by atoms with van der Waals surface area (Å²) in [6, 6.07) is -2.24. The van der Waals surface area contributed by atoms with Crippen molar-refractivity contribution in [1.29, 1.82) is 0 Å². The van der Waals surface area contributed by atoms with Crippen LogP contribution in [0, 0.1) is 0 Å². The van der Waals surface area contributed by atoms with Gasteiger partial charge < -0.3 is 15.1 Å². The van der Waals surface area contributed by atoms with Crippen molar-refractivity contribution in [2.75, 3.05) is 0 Å². The Morgan fingerprint density at radius 2 is 1.67 bits per heavy atom. The number of likely N-dealkylation sites (tertiary alicyclic amines) is 1. The van der Waals surface area contributed by atoms with E-state index in [0.29, 0.717) is 5.57 Å². The Labute approximate surface area is 85.8 Å². The number of aliphatic carboxylic acids is 2. The zero-order valence-electron chi connectivity index (χ0n) is 7.92. The lowest BCUT2D eigenvalue weighted by Gasteiger charge is -2.35. The number of carbonyl (C=O) groups is 3. The van der Waals surface area contributed by atoms with Crippen molar-refractivity contribution < 1.29 is 24.6 Å². The molecule has 2 N–H and O–H groups in total. The van der Waals surface area contributed by atoms with E-state index in [1.54, 1.807) is 0 Å². The molecule has 0 radical (unpaired) electrons. The SMILES string of the molecule is C=C1CC(C(=O)O)N(C=O)C(C(=O)O)C1. The Morgan fingerprint density at radius 1 is 1.27 bits per heavy atom. The average Bonchev–Trinajstić information content (AvgIpc) is 2.16. The maximum absolute atomic E-state index is 10.8. The molecule has 0 aromatic carbocycles. The van der Waals surface area contributed by atoms with E-state index in [-0.39, 0.29) is 19.3 Å². The van der Waals surface area contributed by atoms with Gasteiger partial charge in [0.05, 0.1) is 0 Å². The van der Waals surface area contributed by atoms with Gasteiger partial charge in [-0.15, -0.1) is 0 Å². The van der Waals surface area contributed by atoms with Gasteiger partial charge in [0, 0.05) is 0 Å². The summed E-state index contributed by atoms with van der Waals surface area (Å²) in [6.45, 7) is 3.58. The summed E-state index contributed by atoms with van der Waals surface area (Å²) in [6.07, 6.45) is 0.486. The van der Waals surface area contributed by atoms with Crippen LogP contribution in [0.5, 0.6) is 0 Å². The second kappa shape index (κ2) is 4.12. The first-order valence-corrected chi connectivity index (χ1v) is 4.32. The third-order valence-corrected chi connectivity index (χ3v) is 2.38. The van der Waals surface area contributed by atoms with Crippen LogP contribution in [0.1, 0.15) is 12.8 Å². The standard InChI is InChI=1S/C9H11NO5/c1-5-2-6(8(12)13)10(4-11)7(3-5)9(14)15/h4,6-7H,1-3H2,(H,12,13)(H,14,15). The lowest BCUT2D eigenvalue weighted by Crippen LogP contribution is -2.53. The molecule has 2 unspecified atom stereocenters. The van der Waals surface area contributed by atoms with E-state index in [1.165, 1.54) is 0 Å². The summed E-state index contributed by atoms with van der Waals surface area (Å²) < 4.78 is 0. The van der Waals surface area contributed by atoms with Gasteiger partial charge in [0.15, 0.2) is 0 Å². The van der Waals surface area contributed by atoms with E-state index in [9.17, 15) is 14.4 Å². The van der Waals surface area contributed by atoms with Crippen LogP contribution in [0.2, 0.25) is 0 Å². The molecule has 82 valence electrons. The number of amides is 1. The Balaban J connectivity index is 2.98. The van der Waals surface area contributed by atoms with E-state index in [1.807, 2.05) is 0 Å². The van der Waals surface area contributed by atoms with Gasteiger partial charge in [-0.3, -0.25) is 4.79 Å². The number of rotatable bonds is 3. The highest BCUT2D eigenvalue weighted by molar-refractivity contribution is 5.83. The Bertz CT molecular complexity index is 298. The molecule has 0 saturated carbocycles. The van der Waals surface area contributed by atoms with E-state index >= 15 is 0 Å². The summed E-state index contributed by atoms with van der Waals surface area (Å²) >= 11 is 0. The number of piperidine rings is 1. The lowest BCUT2D eigenvalue weighted by atomic mass is 9.92. The number of carboxylic acid groups (broad SMARTS) is 2. The van der Waals surface area contributed by atoms with E-state index in [0.717, 1.165) is 4.90 Å². The minimum Gasteiger partial charge on any atom is -0.480 e. The number of hydrogen-bond donors (Lipinski definition) is 2. The predicted molar refractivity (Wildman–Crippen MR) is 49.1 cm³/mol. The first-order valence-electron chi connectivity index (χ1n) is 4.32. The second-order valence-electron chi connectivity index (χ2n) is 3.42. The summed E-state index contributed by atoms with van der Waals surface area (Å²) in [4.78, 5) is 33.1. The minimum atomic E-state index is -1.21. The van der Waals surface area contributed by atoms with E-state index < -0.39 is 24.0 Å². The smallest absolute Gasteiger partial charge is 0.326 e. The molecular formula is C9H11NO5. The molecule has 1 rings (SSSR count). The van der Waals surface area contributed by atoms with Gasteiger partial charge in [-0.25, -0.2) is 9.59 Å². The Kier molecular flexibility index (Phi) is 3.08. The van der Waals surface area contributed by atoms with Crippen LogP contribution in [-0.2, 0) is 14.4 Å². The molecule has 0 aromatic rings. The fourth-order valence-electron chi connectivity index (χ4n) is 1.63. The molecule has 0 bridgehead atoms. The third kappa shape index (κ3) is 2.15. The van der Waals surface area contributed by atoms with Gasteiger partial charge in [-0.1, -0.05) is 12.2 Å². The lowest BCUT2D eigenvalue weighted by molar-refractivity contribution is -0.156. The average molecular weight is 213 g/mol. The quantitative estimate of drug-likeness (QED) is 0.495. The molecule has 0 aliphatic carbocycles. The van der Waals surface area contributed by atoms with E-state index in [2.05, 4.69) is 6.58 Å². The van der Waals surface area contributed by atoms with Crippen LogP contribution in [0.3, 0.4) is 0 Å². The minimum absolute atomic E-state index is 0.109. The topological polar surface area (TPSA) is 94.9 Å². The highest BCUT2D eigenvalue weighted by Gasteiger charge is 2.39. The molecule has 1 aliphatic rings. The highest BCUT2D eigenvalue weighted by atomic mass is 16.4. The van der Waals surface area contributed by atoms with Crippen molar-refractivity contribution >= 4 is 18.3 Å². The number of carbonyl (C=O) groups excluding carboxylic acids is 1. The molecule has 1 saturated heterocycles. The molecule has 1 heterocycles. The van der Waals surface area contributed by atoms with Crippen LogP contribution < -0.4 is 0 Å². The Hall–Kier alpha value is -1.85. The van der Waals surface area contributed by atoms with Gasteiger partial charge in [-0.2, -0.15) is 0 Å². The van der Waals surface area contributed by atoms with Crippen LogP contribution >= 0.6 is 0 Å². The highest BCUT2D eigenvalue weighted by Crippen LogP contribution is 2.25. The number of carboxylic acids is 2. The van der Waals surface area contributed by atoms with Crippen LogP contribution in [0.15, 0.2) is 12.2 Å². The first kappa shape index (κ1) is 11.2. The van der Waals surface area contributed by atoms with E-state index in [4.69, 9.17) is 10.2 Å². The summed E-state index contributed by atoms with van der Waals surface area (Å²) in [5.74, 6) is -2.43. The molecular weight excluding hydrogens is 202 g/mol. The van der Waals surface area contributed by atoms with Crippen LogP contribution in [-0.4, -0.2) is 45.5 Å². The van der Waals surface area contributed by atoms with Crippen molar-refractivity contribution in [1.82, 2.24) is 4.90 Å². The van der Waals surface area contributed by atoms with Gasteiger partial charge in [0.25, 0.3) is 0 Å². The predicted octanol–water partition coefficient (Wildman–Crippen LogP) is -0.299. The van der Waals surface area contributed by atoms with Crippen molar-refractivity contribution in [2.24, 2.45) is 0 Å². The fourth-order valence-corrected chi connectivity index (χ4v) is 1.63. The fraction of sp³-hybridized carbons (Fsp3) is 0.444. The molecule has 6 heteroatoms. The van der Waals surface area contributed by atoms with Gasteiger partial charge >= 0.3 is 11.9 Å².